The van der Waals surface area contributed by atoms with Crippen LogP contribution in [0.25, 0.3) is 11.0 Å². The largest absolute Gasteiger partial charge is 0.504 e. The number of piperazine rings is 1. The number of furan rings is 1. The molecule has 8 atom stereocenters. The number of esters is 1. The second kappa shape index (κ2) is 12.0. The van der Waals surface area contributed by atoms with Gasteiger partial charge in [-0.3, -0.25) is 19.9 Å². The van der Waals surface area contributed by atoms with Crippen molar-refractivity contribution >= 4 is 34.7 Å². The first-order valence-electron chi connectivity index (χ1n) is 18.7. The van der Waals surface area contributed by atoms with Crippen LogP contribution in [-0.4, -0.2) is 94.7 Å². The first-order chi connectivity index (χ1) is 26.4. The molecule has 8 heterocycles. The van der Waals surface area contributed by atoms with Crippen LogP contribution in [0.15, 0.2) is 28.7 Å². The quantitative estimate of drug-likeness (QED) is 0.210. The van der Waals surface area contributed by atoms with Crippen molar-refractivity contribution in [1.82, 2.24) is 15.1 Å². The third-order valence-corrected chi connectivity index (χ3v) is 14.7. The molecule has 7 aliphatic heterocycles. The highest BCUT2D eigenvalue weighted by atomic mass is 32.2. The highest BCUT2D eigenvalue weighted by Gasteiger charge is 2.62. The van der Waals surface area contributed by atoms with Gasteiger partial charge in [-0.1, -0.05) is 17.7 Å². The minimum absolute atomic E-state index is 0.0364. The predicted molar refractivity (Wildman–Crippen MR) is 201 cm³/mol. The number of carboxylic acids is 1. The molecule has 288 valence electrons. The summed E-state index contributed by atoms with van der Waals surface area (Å²) in [6.07, 6.45) is -0.387. The van der Waals surface area contributed by atoms with Gasteiger partial charge in [-0.25, -0.2) is 4.79 Å². The van der Waals surface area contributed by atoms with E-state index in [0.717, 1.165) is 49.9 Å². The number of ether oxygens (including phenoxy) is 4. The zero-order chi connectivity index (χ0) is 38.4. The van der Waals surface area contributed by atoms with Gasteiger partial charge in [0.2, 0.25) is 6.79 Å². The van der Waals surface area contributed by atoms with Gasteiger partial charge in [-0.2, -0.15) is 0 Å². The molecular formula is C41H43N3O10S. The lowest BCUT2D eigenvalue weighted by Crippen LogP contribution is -2.70. The number of methoxy groups -OCH3 is 1. The molecule has 7 aliphatic rings. The number of hydrogen-bond donors (Lipinski definition) is 4. The van der Waals surface area contributed by atoms with Crippen molar-refractivity contribution < 1.29 is 48.3 Å². The minimum Gasteiger partial charge on any atom is -0.504 e. The summed E-state index contributed by atoms with van der Waals surface area (Å²) in [5.74, 6) is 0.353. The second-order valence-corrected chi connectivity index (χ2v) is 17.1. The number of carboxylic acid groups (broad SMARTS) is 1. The van der Waals surface area contributed by atoms with Crippen molar-refractivity contribution in [3.63, 3.8) is 0 Å². The van der Waals surface area contributed by atoms with Crippen molar-refractivity contribution in [3.05, 3.63) is 80.1 Å². The molecule has 1 spiro atoms. The van der Waals surface area contributed by atoms with E-state index in [9.17, 15) is 24.9 Å². The van der Waals surface area contributed by atoms with Crippen molar-refractivity contribution in [2.45, 2.75) is 87.8 Å². The number of aryl methyl sites for hydroxylation is 2. The Labute approximate surface area is 321 Å². The first kappa shape index (κ1) is 35.0. The fourth-order valence-electron chi connectivity index (χ4n) is 10.6. The summed E-state index contributed by atoms with van der Waals surface area (Å²) in [5, 5.41) is 38.6. The Morgan fingerprint density at radius 3 is 2.58 bits per heavy atom. The van der Waals surface area contributed by atoms with E-state index in [-0.39, 0.29) is 37.4 Å². The number of carbonyl (C=O) groups excluding carboxylic acids is 1. The number of nitrogens with zero attached hydrogens (tertiary/aromatic N) is 2. The highest BCUT2D eigenvalue weighted by Crippen LogP contribution is 2.63. The number of carbonyl (C=O) groups is 2. The summed E-state index contributed by atoms with van der Waals surface area (Å²) in [6, 6.07) is 4.78. The number of benzene rings is 3. The average molecular weight is 770 g/mol. The Hall–Kier alpha value is -4.47. The van der Waals surface area contributed by atoms with Crippen LogP contribution in [-0.2, 0) is 32.7 Å². The molecule has 4 aromatic rings. The molecule has 11 rings (SSSR count). The van der Waals surface area contributed by atoms with E-state index in [1.807, 2.05) is 46.0 Å². The smallest absolute Gasteiger partial charge is 0.335 e. The van der Waals surface area contributed by atoms with E-state index in [1.54, 1.807) is 7.11 Å². The molecule has 4 N–H and O–H groups in total. The lowest BCUT2D eigenvalue weighted by molar-refractivity contribution is -0.186. The third-order valence-electron chi connectivity index (χ3n) is 13.2. The summed E-state index contributed by atoms with van der Waals surface area (Å²) in [7, 11) is 3.54. The number of aliphatic hydroxyl groups excluding tert-OH is 1. The van der Waals surface area contributed by atoms with Crippen LogP contribution in [0.5, 0.6) is 23.0 Å². The number of likely N-dealkylation sites (N-methyl/N-ethyl adjacent to an activating group) is 1. The fourth-order valence-corrected chi connectivity index (χ4v) is 12.3. The van der Waals surface area contributed by atoms with Gasteiger partial charge in [-0.05, 0) is 81.1 Å². The number of thioether (sulfide) groups is 1. The average Bonchev–Trinajstić information content (AvgIpc) is 3.79. The van der Waals surface area contributed by atoms with E-state index < -0.39 is 53.1 Å². The zero-order valence-electron chi connectivity index (χ0n) is 31.4. The van der Waals surface area contributed by atoms with Gasteiger partial charge in [0.15, 0.2) is 28.5 Å². The van der Waals surface area contributed by atoms with Crippen LogP contribution in [0, 0.1) is 27.7 Å². The number of rotatable bonds is 2. The molecule has 55 heavy (non-hydrogen) atoms. The van der Waals surface area contributed by atoms with E-state index in [0.29, 0.717) is 40.6 Å². The maximum atomic E-state index is 14.9. The fraction of sp³-hybridized carbons (Fsp3) is 0.463. The van der Waals surface area contributed by atoms with Gasteiger partial charge in [0.1, 0.15) is 30.2 Å². The maximum Gasteiger partial charge on any atom is 0.335 e. The number of aliphatic carboxylic acids is 1. The van der Waals surface area contributed by atoms with Crippen molar-refractivity contribution in [3.8, 4) is 23.0 Å². The lowest BCUT2D eigenvalue weighted by Gasteiger charge is -2.62. The van der Waals surface area contributed by atoms with E-state index in [1.165, 1.54) is 11.8 Å². The van der Waals surface area contributed by atoms with Crippen LogP contribution in [0.2, 0.25) is 0 Å². The molecule has 0 saturated carbocycles. The highest BCUT2D eigenvalue weighted by molar-refractivity contribution is 7.99. The Bertz CT molecular complexity index is 2360. The predicted octanol–water partition coefficient (Wildman–Crippen LogP) is 4.59. The number of hydrogen-bond acceptors (Lipinski definition) is 13. The monoisotopic (exact) mass is 769 g/mol. The number of phenols is 1. The number of nitrogens with one attached hydrogen (secondary N) is 1. The molecule has 1 aromatic heterocycles. The maximum absolute atomic E-state index is 14.9. The topological polar surface area (TPSA) is 163 Å². The number of aromatic hydroxyl groups is 1. The molecule has 0 aliphatic carbocycles. The van der Waals surface area contributed by atoms with E-state index >= 15 is 0 Å². The van der Waals surface area contributed by atoms with Crippen LogP contribution in [0.1, 0.15) is 73.2 Å². The lowest BCUT2D eigenvalue weighted by atomic mass is 9.72. The molecule has 4 bridgehead atoms. The SMILES string of the molecule is COc1c(C)cc2c(c1O)[C@@H]1[C@@H]3[C@@H]4SC[C@]5(N[C@H](C(=O)O)Cc6c5oc5ccc(C)cc65)C(=O)OC[C@@H](c5c6c(c(C)c(C)c54)OCO6)N3[C@@H](O)[C@H](C2)N1C. The molecular weight excluding hydrogens is 727 g/mol. The summed E-state index contributed by atoms with van der Waals surface area (Å²) in [5.41, 5.74) is 6.77. The standard InChI is InChI=1S/C41H43N3O10S/c1-16-7-8-26-21(9-16)22-12-23(39(47)48)42-41(37(22)54-26)14-55-36-27-18(3)19(4)34-35(53-15-52-34)29(27)25(13-51-40(41)49)44-31(36)30-28-20(11-24(38(44)46)43(30)5)10-17(2)33(50-6)32(28)45/h7-10,23-25,30-31,36,38,42,45-46H,11-15H2,1-6H3,(H,47,48)/t23-,24-,25-,30+,31+,36+,38-,41+/m0/s1. The molecule has 13 nitrogen and oxygen atoms in total. The Balaban J connectivity index is 1.22. The molecule has 0 amide bonds. The molecule has 2 saturated heterocycles. The normalized spacial score (nSPS) is 30.7. The second-order valence-electron chi connectivity index (χ2n) is 15.9. The van der Waals surface area contributed by atoms with Crippen LogP contribution in [0.4, 0.5) is 0 Å². The van der Waals surface area contributed by atoms with Crippen LogP contribution >= 0.6 is 11.8 Å². The number of aliphatic hydroxyl groups is 1. The molecule has 2 fully saturated rings. The first-order valence-corrected chi connectivity index (χ1v) is 19.7. The summed E-state index contributed by atoms with van der Waals surface area (Å²) in [6.45, 7) is 7.80. The zero-order valence-corrected chi connectivity index (χ0v) is 32.2. The summed E-state index contributed by atoms with van der Waals surface area (Å²) in [4.78, 5) is 31.9. The van der Waals surface area contributed by atoms with E-state index in [2.05, 4.69) is 28.1 Å². The molecule has 0 unspecified atom stereocenters. The third kappa shape index (κ3) is 4.57. The van der Waals surface area contributed by atoms with Gasteiger partial charge in [0.25, 0.3) is 0 Å². The van der Waals surface area contributed by atoms with Gasteiger partial charge in [0, 0.05) is 45.5 Å². The number of fused-ring (bicyclic) bond motifs is 11. The van der Waals surface area contributed by atoms with Gasteiger partial charge in [0.05, 0.1) is 25.2 Å². The molecule has 14 heteroatoms. The van der Waals surface area contributed by atoms with Crippen molar-refractivity contribution in [2.75, 3.05) is 33.3 Å². The Morgan fingerprint density at radius 1 is 1.04 bits per heavy atom. The van der Waals surface area contributed by atoms with E-state index in [4.69, 9.17) is 23.4 Å². The van der Waals surface area contributed by atoms with Gasteiger partial charge >= 0.3 is 11.9 Å². The van der Waals surface area contributed by atoms with Crippen LogP contribution < -0.4 is 19.5 Å². The van der Waals surface area contributed by atoms with Crippen molar-refractivity contribution in [2.24, 2.45) is 0 Å². The van der Waals surface area contributed by atoms with Gasteiger partial charge < -0.3 is 38.7 Å². The number of phenolic OH excluding ortho intramolecular Hbond substituents is 1. The van der Waals surface area contributed by atoms with Gasteiger partial charge in [-0.15, -0.1) is 11.8 Å². The van der Waals surface area contributed by atoms with Crippen molar-refractivity contribution in [1.29, 1.82) is 0 Å². The minimum atomic E-state index is -1.66. The Kier molecular flexibility index (Phi) is 7.64. The summed E-state index contributed by atoms with van der Waals surface area (Å²) >= 11 is 1.49. The van der Waals surface area contributed by atoms with Crippen LogP contribution in [0.3, 0.4) is 0 Å². The summed E-state index contributed by atoms with van der Waals surface area (Å²) < 4.78 is 31.0. The molecule has 0 radical (unpaired) electrons. The molecule has 3 aromatic carbocycles. The Morgan fingerprint density at radius 2 is 1.82 bits per heavy atom.